The van der Waals surface area contributed by atoms with Gasteiger partial charge >= 0.3 is 0 Å². The number of benzene rings is 2. The molecule has 3 heterocycles. The topological polar surface area (TPSA) is 82.9 Å². The highest BCUT2D eigenvalue weighted by Gasteiger charge is 2.17. The quantitative estimate of drug-likeness (QED) is 0.401. The number of fused-ring (bicyclic) bond motifs is 3. The van der Waals surface area contributed by atoms with Crippen molar-refractivity contribution in [2.24, 2.45) is 14.1 Å². The van der Waals surface area contributed by atoms with Crippen molar-refractivity contribution in [2.45, 2.75) is 10.9 Å². The van der Waals surface area contributed by atoms with E-state index in [1.54, 1.807) is 7.05 Å². The van der Waals surface area contributed by atoms with Crippen LogP contribution in [-0.2, 0) is 19.8 Å². The lowest BCUT2D eigenvalue weighted by molar-refractivity contribution is 0.792. The number of aromatic nitrogens is 7. The average Bonchev–Trinajstić information content (AvgIpc) is 3.35. The van der Waals surface area contributed by atoms with Crippen molar-refractivity contribution in [1.29, 1.82) is 0 Å². The molecule has 0 saturated carbocycles. The molecule has 0 aliphatic rings. The molecule has 5 rings (SSSR count). The number of halogens is 1. The summed E-state index contributed by atoms with van der Waals surface area (Å²) in [4.78, 5) is 12.6. The molecule has 0 bridgehead atoms. The van der Waals surface area contributed by atoms with E-state index >= 15 is 0 Å². The molecular formula is C20H16ClN7OS. The minimum atomic E-state index is -0.0920. The van der Waals surface area contributed by atoms with Gasteiger partial charge in [-0.25, -0.2) is 0 Å². The molecule has 30 heavy (non-hydrogen) atoms. The third kappa shape index (κ3) is 2.98. The van der Waals surface area contributed by atoms with Gasteiger partial charge in [0.25, 0.3) is 5.56 Å². The molecule has 0 N–H and O–H groups in total. The van der Waals surface area contributed by atoms with Gasteiger partial charge in [0.1, 0.15) is 5.82 Å². The molecule has 0 radical (unpaired) electrons. The van der Waals surface area contributed by atoms with E-state index < -0.39 is 0 Å². The van der Waals surface area contributed by atoms with Gasteiger partial charge in [-0.15, -0.1) is 20.4 Å². The molecule has 0 aliphatic carbocycles. The van der Waals surface area contributed by atoms with E-state index in [1.807, 2.05) is 64.5 Å². The second-order valence-corrected chi connectivity index (χ2v) is 8.17. The first-order chi connectivity index (χ1) is 14.5. The fourth-order valence-corrected chi connectivity index (χ4v) is 4.36. The fraction of sp³-hybridized carbons (Fsp3) is 0.150. The van der Waals surface area contributed by atoms with Crippen LogP contribution in [0.4, 0.5) is 0 Å². The standard InChI is InChI=1S/C20H16ClN7OS/c1-26-17(12-7-9-13(21)10-8-12)23-25-20(26)30-11-16-22-24-19-27(2)18(29)14-5-3-4-6-15(14)28(16)19/h3-10H,11H2,1-2H3. The number of rotatable bonds is 4. The van der Waals surface area contributed by atoms with Gasteiger partial charge in [0.15, 0.2) is 11.0 Å². The lowest BCUT2D eigenvalue weighted by Gasteiger charge is -2.07. The molecule has 0 amide bonds. The number of hydrogen-bond donors (Lipinski definition) is 0. The van der Waals surface area contributed by atoms with E-state index in [-0.39, 0.29) is 5.56 Å². The summed E-state index contributed by atoms with van der Waals surface area (Å²) in [7, 11) is 3.63. The molecule has 5 aromatic rings. The molecule has 2 aromatic carbocycles. The second kappa shape index (κ2) is 7.26. The second-order valence-electron chi connectivity index (χ2n) is 6.79. The molecule has 3 aromatic heterocycles. The Morgan fingerprint density at radius 1 is 0.933 bits per heavy atom. The highest BCUT2D eigenvalue weighted by molar-refractivity contribution is 7.98. The summed E-state index contributed by atoms with van der Waals surface area (Å²) in [6.45, 7) is 0. The Morgan fingerprint density at radius 2 is 1.70 bits per heavy atom. The average molecular weight is 438 g/mol. The number of aryl methyl sites for hydroxylation is 1. The zero-order valence-corrected chi connectivity index (χ0v) is 17.7. The highest BCUT2D eigenvalue weighted by Crippen LogP contribution is 2.26. The normalized spacial score (nSPS) is 11.6. The van der Waals surface area contributed by atoms with Gasteiger partial charge in [0, 0.05) is 24.7 Å². The van der Waals surface area contributed by atoms with Crippen LogP contribution in [0.5, 0.6) is 0 Å². The van der Waals surface area contributed by atoms with Crippen LogP contribution in [0.2, 0.25) is 5.02 Å². The monoisotopic (exact) mass is 437 g/mol. The summed E-state index contributed by atoms with van der Waals surface area (Å²) < 4.78 is 5.37. The van der Waals surface area contributed by atoms with Crippen LogP contribution in [0.1, 0.15) is 5.82 Å². The molecule has 8 nitrogen and oxygen atoms in total. The van der Waals surface area contributed by atoms with Gasteiger partial charge in [-0.3, -0.25) is 13.8 Å². The molecule has 10 heteroatoms. The van der Waals surface area contributed by atoms with Crippen LogP contribution >= 0.6 is 23.4 Å². The summed E-state index contributed by atoms with van der Waals surface area (Å²) in [5.74, 6) is 2.52. The molecule has 0 fully saturated rings. The first-order valence-electron chi connectivity index (χ1n) is 9.14. The van der Waals surface area contributed by atoms with Gasteiger partial charge in [-0.1, -0.05) is 35.5 Å². The minimum absolute atomic E-state index is 0.0920. The summed E-state index contributed by atoms with van der Waals surface area (Å²) in [6, 6.07) is 15.0. The van der Waals surface area contributed by atoms with Crippen LogP contribution in [0.25, 0.3) is 28.1 Å². The van der Waals surface area contributed by atoms with E-state index in [2.05, 4.69) is 20.4 Å². The Labute approximate surface area is 180 Å². The van der Waals surface area contributed by atoms with Gasteiger partial charge < -0.3 is 4.57 Å². The van der Waals surface area contributed by atoms with Crippen LogP contribution in [0.15, 0.2) is 58.5 Å². The number of thioether (sulfide) groups is 1. The molecule has 0 spiro atoms. The van der Waals surface area contributed by atoms with Crippen molar-refractivity contribution >= 4 is 40.0 Å². The van der Waals surface area contributed by atoms with Gasteiger partial charge in [0.05, 0.1) is 16.7 Å². The van der Waals surface area contributed by atoms with Crippen molar-refractivity contribution in [2.75, 3.05) is 0 Å². The maximum absolute atomic E-state index is 12.6. The number of hydrogen-bond acceptors (Lipinski definition) is 6. The largest absolute Gasteiger partial charge is 0.305 e. The molecule has 0 aliphatic heterocycles. The SMILES string of the molecule is Cn1c(SCc2nnc3n(C)c(=O)c4ccccc4n23)nnc1-c1ccc(Cl)cc1. The first-order valence-corrected chi connectivity index (χ1v) is 10.5. The van der Waals surface area contributed by atoms with Gasteiger partial charge in [0.2, 0.25) is 5.78 Å². The van der Waals surface area contributed by atoms with E-state index in [1.165, 1.54) is 16.3 Å². The van der Waals surface area contributed by atoms with Crippen LogP contribution in [0, 0.1) is 0 Å². The van der Waals surface area contributed by atoms with E-state index in [0.29, 0.717) is 21.9 Å². The maximum Gasteiger partial charge on any atom is 0.262 e. The summed E-state index contributed by atoms with van der Waals surface area (Å²) in [5.41, 5.74) is 1.64. The Hall–Kier alpha value is -3.17. The van der Waals surface area contributed by atoms with Crippen molar-refractivity contribution in [3.8, 4) is 11.4 Å². The zero-order chi connectivity index (χ0) is 20.8. The Kier molecular flexibility index (Phi) is 4.56. The zero-order valence-electron chi connectivity index (χ0n) is 16.2. The van der Waals surface area contributed by atoms with E-state index in [0.717, 1.165) is 27.9 Å². The predicted molar refractivity (Wildman–Crippen MR) is 117 cm³/mol. The minimum Gasteiger partial charge on any atom is -0.305 e. The molecular weight excluding hydrogens is 422 g/mol. The smallest absolute Gasteiger partial charge is 0.262 e. The fourth-order valence-electron chi connectivity index (χ4n) is 3.41. The lowest BCUT2D eigenvalue weighted by Crippen LogP contribution is -2.20. The molecule has 0 unspecified atom stereocenters. The Bertz CT molecular complexity index is 1450. The number of nitrogens with zero attached hydrogens (tertiary/aromatic N) is 7. The van der Waals surface area contributed by atoms with Crippen LogP contribution < -0.4 is 5.56 Å². The van der Waals surface area contributed by atoms with Crippen molar-refractivity contribution < 1.29 is 0 Å². The van der Waals surface area contributed by atoms with E-state index in [4.69, 9.17) is 11.6 Å². The van der Waals surface area contributed by atoms with Crippen LogP contribution in [0.3, 0.4) is 0 Å². The highest BCUT2D eigenvalue weighted by atomic mass is 35.5. The summed E-state index contributed by atoms with van der Waals surface area (Å²) in [6.07, 6.45) is 0. The lowest BCUT2D eigenvalue weighted by atomic mass is 10.2. The Morgan fingerprint density at radius 3 is 2.50 bits per heavy atom. The maximum atomic E-state index is 12.6. The Balaban J connectivity index is 1.51. The molecule has 150 valence electrons. The third-order valence-corrected chi connectivity index (χ3v) is 6.23. The van der Waals surface area contributed by atoms with E-state index in [9.17, 15) is 4.79 Å². The van der Waals surface area contributed by atoms with Crippen molar-refractivity contribution in [1.82, 2.24) is 33.9 Å². The van der Waals surface area contributed by atoms with Crippen LogP contribution in [-0.4, -0.2) is 33.9 Å². The predicted octanol–water partition coefficient (Wildman–Crippen LogP) is 3.32. The molecule has 0 atom stereocenters. The van der Waals surface area contributed by atoms with Crippen molar-refractivity contribution in [3.63, 3.8) is 0 Å². The number of para-hydroxylation sites is 1. The summed E-state index contributed by atoms with van der Waals surface area (Å²) in [5, 5.41) is 19.3. The summed E-state index contributed by atoms with van der Waals surface area (Å²) >= 11 is 7.49. The first kappa shape index (κ1) is 18.8. The molecule has 0 saturated heterocycles. The third-order valence-electron chi connectivity index (χ3n) is 4.96. The van der Waals surface area contributed by atoms with Crippen molar-refractivity contribution in [3.05, 3.63) is 69.7 Å². The van der Waals surface area contributed by atoms with Gasteiger partial charge in [-0.05, 0) is 36.4 Å². The van der Waals surface area contributed by atoms with Gasteiger partial charge in [-0.2, -0.15) is 0 Å².